The van der Waals surface area contributed by atoms with Crippen molar-refractivity contribution in [1.82, 2.24) is 0 Å². The van der Waals surface area contributed by atoms with Crippen molar-refractivity contribution in [3.8, 4) is 5.75 Å². The van der Waals surface area contributed by atoms with E-state index in [0.29, 0.717) is 12.3 Å². The van der Waals surface area contributed by atoms with Crippen molar-refractivity contribution in [3.05, 3.63) is 29.8 Å². The Balaban J connectivity index is 2.48. The second-order valence-electron chi connectivity index (χ2n) is 3.54. The molecule has 0 bridgehead atoms. The van der Waals surface area contributed by atoms with Gasteiger partial charge in [-0.15, -0.1) is 11.6 Å². The summed E-state index contributed by atoms with van der Waals surface area (Å²) in [6.07, 6.45) is 1.96. The summed E-state index contributed by atoms with van der Waals surface area (Å²) in [4.78, 5) is 0. The molecule has 0 saturated carbocycles. The molecule has 0 amide bonds. The molecule has 1 N–H and O–H groups in total. The number of aliphatic hydroxyl groups excluding tert-OH is 1. The average molecular weight is 229 g/mol. The Kier molecular flexibility index (Phi) is 5.51. The number of ether oxygens (including phenoxy) is 1. The number of benzene rings is 1. The Morgan fingerprint density at radius 3 is 2.93 bits per heavy atom. The van der Waals surface area contributed by atoms with Gasteiger partial charge in [0.15, 0.2) is 0 Å². The van der Waals surface area contributed by atoms with E-state index in [0.717, 1.165) is 24.2 Å². The second kappa shape index (κ2) is 6.70. The van der Waals surface area contributed by atoms with Crippen molar-refractivity contribution >= 4 is 11.6 Å². The number of hydrogen-bond acceptors (Lipinski definition) is 2. The third-order valence-electron chi connectivity index (χ3n) is 2.28. The second-order valence-corrected chi connectivity index (χ2v) is 3.92. The average Bonchev–Trinajstić information content (AvgIpc) is 2.26. The Bertz CT molecular complexity index is 289. The van der Waals surface area contributed by atoms with Crippen molar-refractivity contribution in [2.24, 2.45) is 0 Å². The largest absolute Gasteiger partial charge is 0.497 e. The van der Waals surface area contributed by atoms with Gasteiger partial charge in [-0.2, -0.15) is 0 Å². The zero-order valence-electron chi connectivity index (χ0n) is 8.95. The molecule has 0 saturated heterocycles. The molecule has 1 rings (SSSR count). The maximum Gasteiger partial charge on any atom is 0.119 e. The fraction of sp³-hybridized carbons (Fsp3) is 0.500. The Morgan fingerprint density at radius 1 is 1.47 bits per heavy atom. The molecule has 0 radical (unpaired) electrons. The van der Waals surface area contributed by atoms with Gasteiger partial charge in [-0.1, -0.05) is 12.1 Å². The van der Waals surface area contributed by atoms with Gasteiger partial charge < -0.3 is 9.84 Å². The molecule has 0 spiro atoms. The Labute approximate surface area is 95.8 Å². The lowest BCUT2D eigenvalue weighted by Crippen LogP contribution is -2.10. The predicted molar refractivity (Wildman–Crippen MR) is 62.7 cm³/mol. The summed E-state index contributed by atoms with van der Waals surface area (Å²) >= 11 is 5.57. The normalized spacial score (nSPS) is 12.5. The standard InChI is InChI=1S/C12H17ClO2/c1-15-12-6-2-4-10(9-12)8-11(14)5-3-7-13/h2,4,6,9,11,14H,3,5,7-8H2,1H3. The highest BCUT2D eigenvalue weighted by Crippen LogP contribution is 2.15. The molecule has 1 atom stereocenters. The molecule has 0 aliphatic carbocycles. The van der Waals surface area contributed by atoms with Crippen LogP contribution >= 0.6 is 11.6 Å². The summed E-state index contributed by atoms with van der Waals surface area (Å²) in [5, 5.41) is 9.70. The molecule has 0 aliphatic heterocycles. The van der Waals surface area contributed by atoms with E-state index in [-0.39, 0.29) is 6.10 Å². The minimum absolute atomic E-state index is 0.309. The van der Waals surface area contributed by atoms with Gasteiger partial charge in [-0.3, -0.25) is 0 Å². The number of methoxy groups -OCH3 is 1. The molecular formula is C12H17ClO2. The monoisotopic (exact) mass is 228 g/mol. The van der Waals surface area contributed by atoms with E-state index in [4.69, 9.17) is 16.3 Å². The van der Waals surface area contributed by atoms with Gasteiger partial charge in [-0.05, 0) is 37.0 Å². The molecule has 84 valence electrons. The van der Waals surface area contributed by atoms with Crippen LogP contribution in [0.25, 0.3) is 0 Å². The molecule has 15 heavy (non-hydrogen) atoms. The summed E-state index contributed by atoms with van der Waals surface area (Å²) in [6.45, 7) is 0. The van der Waals surface area contributed by atoms with Crippen molar-refractivity contribution in [2.75, 3.05) is 13.0 Å². The van der Waals surface area contributed by atoms with Crippen LogP contribution in [0.4, 0.5) is 0 Å². The minimum atomic E-state index is -0.309. The Morgan fingerprint density at radius 2 is 2.27 bits per heavy atom. The molecule has 0 aliphatic rings. The highest BCUT2D eigenvalue weighted by Gasteiger charge is 2.05. The zero-order chi connectivity index (χ0) is 11.1. The van der Waals surface area contributed by atoms with Crippen LogP contribution in [0.5, 0.6) is 5.75 Å². The topological polar surface area (TPSA) is 29.5 Å². The highest BCUT2D eigenvalue weighted by molar-refractivity contribution is 6.17. The lowest BCUT2D eigenvalue weighted by molar-refractivity contribution is 0.164. The molecular weight excluding hydrogens is 212 g/mol. The van der Waals surface area contributed by atoms with Crippen LogP contribution < -0.4 is 4.74 Å². The van der Waals surface area contributed by atoms with Crippen molar-refractivity contribution < 1.29 is 9.84 Å². The fourth-order valence-corrected chi connectivity index (χ4v) is 1.64. The Hall–Kier alpha value is -0.730. The zero-order valence-corrected chi connectivity index (χ0v) is 9.70. The number of halogens is 1. The number of aliphatic hydroxyl groups is 1. The minimum Gasteiger partial charge on any atom is -0.497 e. The summed E-state index contributed by atoms with van der Waals surface area (Å²) < 4.78 is 5.11. The SMILES string of the molecule is COc1cccc(CC(O)CCCCl)c1. The van der Waals surface area contributed by atoms with Crippen LogP contribution in [0.3, 0.4) is 0 Å². The van der Waals surface area contributed by atoms with Gasteiger partial charge in [0.25, 0.3) is 0 Å². The van der Waals surface area contributed by atoms with Crippen LogP contribution in [0.15, 0.2) is 24.3 Å². The third kappa shape index (κ3) is 4.54. The molecule has 1 unspecified atom stereocenters. The van der Waals surface area contributed by atoms with E-state index in [9.17, 15) is 5.11 Å². The van der Waals surface area contributed by atoms with Gasteiger partial charge in [0, 0.05) is 5.88 Å². The van der Waals surface area contributed by atoms with E-state index in [2.05, 4.69) is 0 Å². The first-order valence-electron chi connectivity index (χ1n) is 5.13. The molecule has 0 fully saturated rings. The molecule has 0 heterocycles. The van der Waals surface area contributed by atoms with Crippen molar-refractivity contribution in [1.29, 1.82) is 0 Å². The van der Waals surface area contributed by atoms with E-state index < -0.39 is 0 Å². The van der Waals surface area contributed by atoms with Crippen LogP contribution in [0.2, 0.25) is 0 Å². The number of hydrogen-bond donors (Lipinski definition) is 1. The van der Waals surface area contributed by atoms with Gasteiger partial charge in [0.1, 0.15) is 5.75 Å². The van der Waals surface area contributed by atoms with Crippen molar-refractivity contribution in [3.63, 3.8) is 0 Å². The van der Waals surface area contributed by atoms with Crippen LogP contribution in [0.1, 0.15) is 18.4 Å². The first-order chi connectivity index (χ1) is 7.26. The van der Waals surface area contributed by atoms with Gasteiger partial charge in [0.2, 0.25) is 0 Å². The molecule has 1 aromatic rings. The molecule has 1 aromatic carbocycles. The number of alkyl halides is 1. The fourth-order valence-electron chi connectivity index (χ4n) is 1.49. The van der Waals surface area contributed by atoms with E-state index in [1.54, 1.807) is 7.11 Å². The quantitative estimate of drug-likeness (QED) is 0.759. The van der Waals surface area contributed by atoms with Crippen LogP contribution in [0, 0.1) is 0 Å². The van der Waals surface area contributed by atoms with Gasteiger partial charge in [0.05, 0.1) is 13.2 Å². The lowest BCUT2D eigenvalue weighted by atomic mass is 10.0. The predicted octanol–water partition coefficient (Wildman–Crippen LogP) is 2.62. The third-order valence-corrected chi connectivity index (χ3v) is 2.54. The van der Waals surface area contributed by atoms with Gasteiger partial charge >= 0.3 is 0 Å². The summed E-state index contributed by atoms with van der Waals surface area (Å²) in [5.74, 6) is 1.44. The smallest absolute Gasteiger partial charge is 0.119 e. The summed E-state index contributed by atoms with van der Waals surface area (Å²) in [6, 6.07) is 7.77. The first kappa shape index (κ1) is 12.3. The van der Waals surface area contributed by atoms with Crippen molar-refractivity contribution in [2.45, 2.75) is 25.4 Å². The number of rotatable bonds is 6. The maximum absolute atomic E-state index is 9.70. The van der Waals surface area contributed by atoms with Crippen LogP contribution in [-0.2, 0) is 6.42 Å². The van der Waals surface area contributed by atoms with Crippen LogP contribution in [-0.4, -0.2) is 24.2 Å². The molecule has 3 heteroatoms. The molecule has 0 aromatic heterocycles. The highest BCUT2D eigenvalue weighted by atomic mass is 35.5. The summed E-state index contributed by atoms with van der Waals surface area (Å²) in [7, 11) is 1.64. The van der Waals surface area contributed by atoms with Gasteiger partial charge in [-0.25, -0.2) is 0 Å². The first-order valence-corrected chi connectivity index (χ1v) is 5.66. The maximum atomic E-state index is 9.70. The molecule has 2 nitrogen and oxygen atoms in total. The lowest BCUT2D eigenvalue weighted by Gasteiger charge is -2.10. The summed E-state index contributed by atoms with van der Waals surface area (Å²) in [5.41, 5.74) is 1.09. The van der Waals surface area contributed by atoms with E-state index in [1.165, 1.54) is 0 Å². The van der Waals surface area contributed by atoms with E-state index in [1.807, 2.05) is 24.3 Å². The van der Waals surface area contributed by atoms with E-state index >= 15 is 0 Å².